The van der Waals surface area contributed by atoms with Crippen molar-refractivity contribution in [1.82, 2.24) is 4.90 Å². The molecule has 0 unspecified atom stereocenters. The molecule has 0 spiro atoms. The molecule has 2 rings (SSSR count). The topological polar surface area (TPSA) is 66.6 Å². The number of thiocarbonyl (C=S) groups is 1. The van der Waals surface area contributed by atoms with E-state index in [0.29, 0.717) is 24.5 Å². The van der Waals surface area contributed by atoms with E-state index in [4.69, 9.17) is 18.0 Å². The van der Waals surface area contributed by atoms with Crippen LogP contribution < -0.4 is 5.73 Å². The van der Waals surface area contributed by atoms with Gasteiger partial charge in [0.15, 0.2) is 0 Å². The average Bonchev–Trinajstić information content (AvgIpc) is 2.39. The Morgan fingerprint density at radius 3 is 2.65 bits per heavy atom. The largest absolute Gasteiger partial charge is 0.508 e. The Morgan fingerprint density at radius 1 is 1.45 bits per heavy atom. The summed E-state index contributed by atoms with van der Waals surface area (Å²) in [6.07, 6.45) is 1.94. The number of nitrogens with two attached hydrogens (primary N) is 1. The second kappa shape index (κ2) is 5.79. The zero-order valence-corrected chi connectivity index (χ0v) is 12.4. The lowest BCUT2D eigenvalue weighted by atomic mass is 9.80. The molecule has 1 aliphatic heterocycles. The Morgan fingerprint density at radius 2 is 2.10 bits per heavy atom. The summed E-state index contributed by atoms with van der Waals surface area (Å²) in [4.78, 5) is 14.6. The van der Waals surface area contributed by atoms with Crippen LogP contribution in [-0.4, -0.2) is 34.0 Å². The van der Waals surface area contributed by atoms with Crippen molar-refractivity contribution in [2.45, 2.75) is 26.2 Å². The third-order valence-corrected chi connectivity index (χ3v) is 4.57. The van der Waals surface area contributed by atoms with Gasteiger partial charge in [-0.2, -0.15) is 0 Å². The van der Waals surface area contributed by atoms with Crippen LogP contribution in [0.2, 0.25) is 0 Å². The second-order valence-electron chi connectivity index (χ2n) is 5.65. The van der Waals surface area contributed by atoms with Crippen molar-refractivity contribution in [2.75, 3.05) is 13.1 Å². The zero-order chi connectivity index (χ0) is 14.8. The van der Waals surface area contributed by atoms with Gasteiger partial charge in [0.1, 0.15) is 5.75 Å². The summed E-state index contributed by atoms with van der Waals surface area (Å²) in [6, 6.07) is 6.82. The van der Waals surface area contributed by atoms with E-state index < -0.39 is 0 Å². The van der Waals surface area contributed by atoms with Gasteiger partial charge in [0.25, 0.3) is 0 Å². The monoisotopic (exact) mass is 292 g/mol. The Balaban J connectivity index is 1.94. The van der Waals surface area contributed by atoms with E-state index in [-0.39, 0.29) is 17.1 Å². The van der Waals surface area contributed by atoms with Gasteiger partial charge in [0.2, 0.25) is 5.91 Å². The fraction of sp³-hybridized carbons (Fsp3) is 0.467. The highest BCUT2D eigenvalue weighted by molar-refractivity contribution is 7.80. The summed E-state index contributed by atoms with van der Waals surface area (Å²) in [6.45, 7) is 3.43. The Labute approximate surface area is 124 Å². The van der Waals surface area contributed by atoms with Crippen LogP contribution in [0.1, 0.15) is 25.3 Å². The van der Waals surface area contributed by atoms with Crippen molar-refractivity contribution < 1.29 is 9.90 Å². The number of aromatic hydroxyl groups is 1. The molecule has 4 nitrogen and oxygen atoms in total. The standard InChI is InChI=1S/C15H20N2O2S/c1-15(14(16)20)5-7-17(8-6-15)13(19)10-11-3-2-4-12(18)9-11/h2-4,9,18H,5-8,10H2,1H3,(H2,16,20). The minimum absolute atomic E-state index is 0.0839. The minimum Gasteiger partial charge on any atom is -0.508 e. The maximum absolute atomic E-state index is 12.2. The molecule has 0 saturated carbocycles. The SMILES string of the molecule is CC1(C(N)=S)CCN(C(=O)Cc2cccc(O)c2)CC1. The van der Waals surface area contributed by atoms with Gasteiger partial charge in [-0.05, 0) is 30.5 Å². The first-order valence-corrected chi connectivity index (χ1v) is 7.17. The first-order valence-electron chi connectivity index (χ1n) is 6.76. The molecule has 20 heavy (non-hydrogen) atoms. The normalized spacial score (nSPS) is 17.8. The van der Waals surface area contributed by atoms with Gasteiger partial charge in [0.05, 0.1) is 11.4 Å². The molecular formula is C15H20N2O2S. The van der Waals surface area contributed by atoms with Crippen molar-refractivity contribution in [3.63, 3.8) is 0 Å². The number of hydrogen-bond acceptors (Lipinski definition) is 3. The molecule has 0 bridgehead atoms. The Hall–Kier alpha value is -1.62. The van der Waals surface area contributed by atoms with Crippen LogP contribution in [0.3, 0.4) is 0 Å². The lowest BCUT2D eigenvalue weighted by molar-refractivity contribution is -0.132. The lowest BCUT2D eigenvalue weighted by Crippen LogP contribution is -2.47. The van der Waals surface area contributed by atoms with Crippen LogP contribution in [0.15, 0.2) is 24.3 Å². The van der Waals surface area contributed by atoms with E-state index >= 15 is 0 Å². The molecule has 1 saturated heterocycles. The molecule has 108 valence electrons. The molecule has 0 radical (unpaired) electrons. The number of carbonyl (C=O) groups is 1. The summed E-state index contributed by atoms with van der Waals surface area (Å²) >= 11 is 5.10. The molecule has 5 heteroatoms. The fourth-order valence-electron chi connectivity index (χ4n) is 2.45. The van der Waals surface area contributed by atoms with E-state index in [1.165, 1.54) is 0 Å². The first kappa shape index (κ1) is 14.8. The molecular weight excluding hydrogens is 272 g/mol. The van der Waals surface area contributed by atoms with Gasteiger partial charge in [-0.25, -0.2) is 0 Å². The molecule has 1 aliphatic rings. The highest BCUT2D eigenvalue weighted by atomic mass is 32.1. The number of amides is 1. The maximum Gasteiger partial charge on any atom is 0.226 e. The highest BCUT2D eigenvalue weighted by Gasteiger charge is 2.34. The number of piperidine rings is 1. The minimum atomic E-state index is -0.128. The highest BCUT2D eigenvalue weighted by Crippen LogP contribution is 2.31. The van der Waals surface area contributed by atoms with Gasteiger partial charge in [0, 0.05) is 18.5 Å². The van der Waals surface area contributed by atoms with E-state index in [1.54, 1.807) is 18.2 Å². The molecule has 3 N–H and O–H groups in total. The molecule has 1 aromatic carbocycles. The molecule has 0 aliphatic carbocycles. The van der Waals surface area contributed by atoms with Crippen molar-refractivity contribution in [3.05, 3.63) is 29.8 Å². The smallest absolute Gasteiger partial charge is 0.226 e. The van der Waals surface area contributed by atoms with Crippen LogP contribution in [0.25, 0.3) is 0 Å². The van der Waals surface area contributed by atoms with Crippen molar-refractivity contribution >= 4 is 23.1 Å². The second-order valence-corrected chi connectivity index (χ2v) is 6.09. The summed E-state index contributed by atoms with van der Waals surface area (Å²) < 4.78 is 0. The van der Waals surface area contributed by atoms with E-state index in [9.17, 15) is 9.90 Å². The summed E-state index contributed by atoms with van der Waals surface area (Å²) in [5.74, 6) is 0.274. The number of nitrogens with zero attached hydrogens (tertiary/aromatic N) is 1. The quantitative estimate of drug-likeness (QED) is 0.834. The van der Waals surface area contributed by atoms with Crippen molar-refractivity contribution in [3.8, 4) is 5.75 Å². The number of phenolic OH excluding ortho intramolecular Hbond substituents is 1. The van der Waals surface area contributed by atoms with Crippen LogP contribution >= 0.6 is 12.2 Å². The summed E-state index contributed by atoms with van der Waals surface area (Å²) in [5.41, 5.74) is 6.47. The number of likely N-dealkylation sites (tertiary alicyclic amines) is 1. The predicted octanol–water partition coefficient (Wildman–Crippen LogP) is 1.85. The number of carbonyl (C=O) groups excluding carboxylic acids is 1. The van der Waals surface area contributed by atoms with Gasteiger partial charge in [-0.1, -0.05) is 31.3 Å². The van der Waals surface area contributed by atoms with Crippen LogP contribution in [0, 0.1) is 5.41 Å². The summed E-state index contributed by atoms with van der Waals surface area (Å²) in [5, 5.41) is 9.41. The van der Waals surface area contributed by atoms with E-state index in [2.05, 4.69) is 6.92 Å². The van der Waals surface area contributed by atoms with Crippen molar-refractivity contribution in [1.29, 1.82) is 0 Å². The van der Waals surface area contributed by atoms with Crippen molar-refractivity contribution in [2.24, 2.45) is 11.1 Å². The van der Waals surface area contributed by atoms with E-state index in [1.807, 2.05) is 11.0 Å². The Kier molecular flexibility index (Phi) is 4.28. The van der Waals surface area contributed by atoms with Gasteiger partial charge >= 0.3 is 0 Å². The third kappa shape index (κ3) is 3.28. The number of phenols is 1. The lowest BCUT2D eigenvalue weighted by Gasteiger charge is -2.38. The Bertz CT molecular complexity index is 522. The molecule has 0 atom stereocenters. The van der Waals surface area contributed by atoms with Crippen LogP contribution in [0.5, 0.6) is 5.75 Å². The maximum atomic E-state index is 12.2. The zero-order valence-electron chi connectivity index (χ0n) is 11.6. The van der Waals surface area contributed by atoms with Gasteiger partial charge in [-0.15, -0.1) is 0 Å². The summed E-state index contributed by atoms with van der Waals surface area (Å²) in [7, 11) is 0. The van der Waals surface area contributed by atoms with Gasteiger partial charge in [-0.3, -0.25) is 4.79 Å². The van der Waals surface area contributed by atoms with Gasteiger partial charge < -0.3 is 15.7 Å². The number of hydrogen-bond donors (Lipinski definition) is 2. The molecule has 1 heterocycles. The molecule has 1 aromatic rings. The average molecular weight is 292 g/mol. The van der Waals surface area contributed by atoms with Crippen LogP contribution in [-0.2, 0) is 11.2 Å². The number of benzene rings is 1. The predicted molar refractivity (Wildman–Crippen MR) is 82.5 cm³/mol. The van der Waals surface area contributed by atoms with E-state index in [0.717, 1.165) is 18.4 Å². The molecule has 1 amide bonds. The third-order valence-electron chi connectivity index (χ3n) is 4.08. The molecule has 1 fully saturated rings. The fourth-order valence-corrected chi connectivity index (χ4v) is 2.65. The van der Waals surface area contributed by atoms with Crippen LogP contribution in [0.4, 0.5) is 0 Å². The number of rotatable bonds is 3. The first-order chi connectivity index (χ1) is 9.40. The molecule has 0 aromatic heterocycles.